The van der Waals surface area contributed by atoms with Crippen molar-refractivity contribution in [2.24, 2.45) is 0 Å². The van der Waals surface area contributed by atoms with Crippen LogP contribution in [0.15, 0.2) is 0 Å². The van der Waals surface area contributed by atoms with Crippen LogP contribution in [0.2, 0.25) is 0 Å². The number of carbonyl (C=O) groups excluding carboxylic acids is 1. The molecule has 1 amide bonds. The summed E-state index contributed by atoms with van der Waals surface area (Å²) in [6.07, 6.45) is 0. The summed E-state index contributed by atoms with van der Waals surface area (Å²) in [4.78, 5) is 9.11. The van der Waals surface area contributed by atoms with Crippen LogP contribution in [-0.2, 0) is 68.0 Å². The average Bonchev–Trinajstić information content (AvgIpc) is 0.811. The van der Waals surface area contributed by atoms with Crippen molar-refractivity contribution in [3.8, 4) is 0 Å². The Kier molecular flexibility index (Phi) is 52.7. The number of rotatable bonds is 0. The second kappa shape index (κ2) is 15.6. The van der Waals surface area contributed by atoms with Crippen LogP contribution in [-0.4, -0.2) is 5.91 Å². The molecule has 5 heteroatoms. The first-order valence-electron chi connectivity index (χ1n) is 0.954. The summed E-state index contributed by atoms with van der Waals surface area (Å²) in [6, 6.07) is 0. The zero-order valence-corrected chi connectivity index (χ0v) is 12.4. The molecule has 7 heavy (non-hydrogen) atoms. The maximum absolute atomic E-state index is 9.11. The van der Waals surface area contributed by atoms with Crippen molar-refractivity contribution in [2.45, 2.75) is 6.92 Å². The van der Waals surface area contributed by atoms with E-state index in [0.717, 1.165) is 0 Å². The molecular weight excluding hydrogens is 606 g/mol. The van der Waals surface area contributed by atoms with Crippen molar-refractivity contribution in [1.29, 1.82) is 0 Å². The third kappa shape index (κ3) is 98.0. The van der Waals surface area contributed by atoms with Gasteiger partial charge in [-0.05, 0) is 6.92 Å². The van der Waals surface area contributed by atoms with Gasteiger partial charge in [-0.2, -0.15) is 0 Å². The number of nitrogens with one attached hydrogen (secondary N) is 1. The Morgan fingerprint density at radius 2 is 1.29 bits per heavy atom. The molecule has 0 radical (unpaired) electrons. The maximum Gasteiger partial charge on any atom is 0.0456 e. The quantitative estimate of drug-likeness (QED) is 0.397. The van der Waals surface area contributed by atoms with Crippen molar-refractivity contribution >= 4 is 5.91 Å². The molecule has 0 rings (SSSR count). The Hall–Kier alpha value is 1.53. The van der Waals surface area contributed by atoms with Gasteiger partial charge in [0.1, 0.15) is 0 Å². The predicted octanol–water partition coefficient (Wildman–Crippen LogP) is 0.578. The van der Waals surface area contributed by atoms with Crippen LogP contribution >= 0.6 is 0 Å². The topological polar surface area (TPSA) is 40.9 Å². The van der Waals surface area contributed by atoms with E-state index in [1.165, 1.54) is 6.92 Å². The van der Waals surface area contributed by atoms with Crippen LogP contribution in [0.4, 0.5) is 0 Å². The molecule has 0 atom stereocenters. The van der Waals surface area contributed by atoms with E-state index in [4.69, 9.17) is 10.5 Å². The van der Waals surface area contributed by atoms with Crippen LogP contribution in [0.25, 0.3) is 5.73 Å². The molecule has 0 spiro atoms. The van der Waals surface area contributed by atoms with Gasteiger partial charge in [0.25, 0.3) is 0 Å². The van der Waals surface area contributed by atoms with Crippen molar-refractivity contribution in [3.05, 3.63) is 5.73 Å². The number of amides is 1. The molecule has 0 saturated carbocycles. The molecule has 0 aliphatic rings. The molecule has 0 aliphatic carbocycles. The fourth-order valence-electron chi connectivity index (χ4n) is 0. The van der Waals surface area contributed by atoms with Gasteiger partial charge >= 0.3 is 0 Å². The molecule has 2 nitrogen and oxygen atoms in total. The summed E-state index contributed by atoms with van der Waals surface area (Å²) in [6.45, 7) is 1.19. The van der Waals surface area contributed by atoms with Gasteiger partial charge in [0.05, 0.1) is 0 Å². The molecule has 0 bridgehead atoms. The number of carbonyl (C=O) groups is 1. The van der Waals surface area contributed by atoms with E-state index in [1.807, 2.05) is 0 Å². The third-order valence-corrected chi connectivity index (χ3v) is 0. The zero-order valence-electron chi connectivity index (χ0n) is 3.63. The maximum atomic E-state index is 9.11. The minimum Gasteiger partial charge on any atom is -0.668 e. The van der Waals surface area contributed by atoms with Gasteiger partial charge in [0.15, 0.2) is 0 Å². The second-order valence-corrected chi connectivity index (χ2v) is 0.556. The first-order valence-corrected chi connectivity index (χ1v) is 0.954. The van der Waals surface area contributed by atoms with E-state index in [1.54, 1.807) is 0 Å². The summed E-state index contributed by atoms with van der Waals surface area (Å²) in [5.41, 5.74) is 5.94. The van der Waals surface area contributed by atoms with Gasteiger partial charge in [-0.1, -0.05) is 0 Å². The van der Waals surface area contributed by atoms with Crippen molar-refractivity contribution in [3.63, 3.8) is 0 Å². The van der Waals surface area contributed by atoms with E-state index in [0.29, 0.717) is 0 Å². The van der Waals surface area contributed by atoms with Crippen LogP contribution in [0, 0.1) is 0 Å². The molecule has 1 N–H and O–H groups in total. The average molecular weight is 610 g/mol. The Labute approximate surface area is 85.8 Å². The summed E-state index contributed by atoms with van der Waals surface area (Å²) in [7, 11) is 0. The normalized spacial score (nSPS) is 3.57. The third-order valence-electron chi connectivity index (χ3n) is 0. The van der Waals surface area contributed by atoms with Gasteiger partial charge in [-0.25, -0.2) is 0 Å². The van der Waals surface area contributed by atoms with Crippen LogP contribution in [0.3, 0.4) is 0 Å². The molecule has 0 unspecified atom stereocenters. The van der Waals surface area contributed by atoms with Crippen LogP contribution < -0.4 is 0 Å². The van der Waals surface area contributed by atoms with E-state index in [2.05, 4.69) is 0 Å². The number of hydrogen-bond donors (Lipinski definition) is 0. The van der Waals surface area contributed by atoms with Gasteiger partial charge in [0, 0.05) is 69.1 Å². The Morgan fingerprint density at radius 3 is 1.29 bits per heavy atom. The second-order valence-electron chi connectivity index (χ2n) is 0.556. The first-order chi connectivity index (χ1) is 1.73. The Morgan fingerprint density at radius 1 is 1.29 bits per heavy atom. The SMILES string of the molecule is CC([NH-])=O.[W].[W].[W]. The summed E-state index contributed by atoms with van der Waals surface area (Å²) in [5, 5.41) is 0. The van der Waals surface area contributed by atoms with Gasteiger partial charge in [-0.15, -0.1) is 0 Å². The van der Waals surface area contributed by atoms with E-state index in [-0.39, 0.29) is 63.2 Å². The Bertz CT molecular complexity index is 35.9. The summed E-state index contributed by atoms with van der Waals surface area (Å²) in [5.74, 6) is -0.583. The standard InChI is InChI=1S/C2H5NO.3W/c1-2(3)4;;;/h1H3,(H2,3,4);;;/p-1. The van der Waals surface area contributed by atoms with E-state index >= 15 is 0 Å². The largest absolute Gasteiger partial charge is 0.668 e. The van der Waals surface area contributed by atoms with Gasteiger partial charge in [-0.3, -0.25) is 0 Å². The van der Waals surface area contributed by atoms with Gasteiger partial charge in [0.2, 0.25) is 0 Å². The summed E-state index contributed by atoms with van der Waals surface area (Å²) >= 11 is 0. The molecule has 0 saturated heterocycles. The molecule has 0 aromatic heterocycles. The Balaban J connectivity index is -0.0000000150. The minimum atomic E-state index is -0.583. The molecule has 0 fully saturated rings. The molecule has 42 valence electrons. The summed E-state index contributed by atoms with van der Waals surface area (Å²) < 4.78 is 0. The van der Waals surface area contributed by atoms with Crippen molar-refractivity contribution in [2.75, 3.05) is 0 Å². The van der Waals surface area contributed by atoms with Crippen molar-refractivity contribution < 1.29 is 68.0 Å². The van der Waals surface area contributed by atoms with E-state index in [9.17, 15) is 0 Å². The molecule has 0 aliphatic heterocycles. The first kappa shape index (κ1) is 23.6. The minimum absolute atomic E-state index is 0. The monoisotopic (exact) mass is 610 g/mol. The molecular formula is C2H4NOW3-. The smallest absolute Gasteiger partial charge is 0.0456 e. The predicted molar refractivity (Wildman–Crippen MR) is 15.0 cm³/mol. The van der Waals surface area contributed by atoms with E-state index < -0.39 is 5.91 Å². The van der Waals surface area contributed by atoms with Crippen molar-refractivity contribution in [1.82, 2.24) is 0 Å². The van der Waals surface area contributed by atoms with Crippen LogP contribution in [0.1, 0.15) is 6.92 Å². The fourth-order valence-corrected chi connectivity index (χ4v) is 0. The molecule has 0 aromatic rings. The van der Waals surface area contributed by atoms with Crippen LogP contribution in [0.5, 0.6) is 0 Å². The molecule has 0 aromatic carbocycles. The zero-order chi connectivity index (χ0) is 3.58. The van der Waals surface area contributed by atoms with Gasteiger partial charge < -0.3 is 10.5 Å². The number of hydrogen-bond acceptors (Lipinski definition) is 1. The molecule has 0 heterocycles. The fraction of sp³-hybridized carbons (Fsp3) is 0.500.